The molecule has 9 heteroatoms. The molecule has 2 aromatic carbocycles. The van der Waals surface area contributed by atoms with Gasteiger partial charge in [0.15, 0.2) is 11.5 Å². The molecule has 0 bridgehead atoms. The molecular weight excluding hydrogens is 422 g/mol. The van der Waals surface area contributed by atoms with Gasteiger partial charge in [-0.05, 0) is 53.6 Å². The molecule has 160 valence electrons. The zero-order valence-electron chi connectivity index (χ0n) is 17.2. The van der Waals surface area contributed by atoms with Gasteiger partial charge in [0.1, 0.15) is 6.61 Å². The summed E-state index contributed by atoms with van der Waals surface area (Å²) in [6.45, 7) is 4.52. The summed E-state index contributed by atoms with van der Waals surface area (Å²) in [5, 5.41) is 16.3. The summed E-state index contributed by atoms with van der Waals surface area (Å²) in [6.07, 6.45) is 1.00. The summed E-state index contributed by atoms with van der Waals surface area (Å²) >= 11 is 8.16. The van der Waals surface area contributed by atoms with E-state index < -0.39 is 0 Å². The largest absolute Gasteiger partial charge is 0.490 e. The zero-order valence-corrected chi connectivity index (χ0v) is 18.7. The third kappa shape index (κ3) is 6.62. The van der Waals surface area contributed by atoms with Gasteiger partial charge in [-0.25, -0.2) is 4.68 Å². The average molecular weight is 448 g/mol. The molecule has 7 nitrogen and oxygen atoms in total. The molecule has 3 aromatic rings. The van der Waals surface area contributed by atoms with E-state index in [4.69, 9.17) is 21.1 Å². The van der Waals surface area contributed by atoms with Gasteiger partial charge in [0, 0.05) is 19.3 Å². The minimum absolute atomic E-state index is 0.441. The van der Waals surface area contributed by atoms with E-state index in [-0.39, 0.29) is 0 Å². The molecule has 1 N–H and O–H groups in total. The summed E-state index contributed by atoms with van der Waals surface area (Å²) in [6, 6.07) is 13.9. The first-order chi connectivity index (χ1) is 14.7. The second-order valence-corrected chi connectivity index (χ2v) is 8.05. The van der Waals surface area contributed by atoms with Gasteiger partial charge >= 0.3 is 0 Å². The van der Waals surface area contributed by atoms with Crippen molar-refractivity contribution in [2.24, 2.45) is 7.05 Å². The summed E-state index contributed by atoms with van der Waals surface area (Å²) in [5.41, 5.74) is 2.14. The van der Waals surface area contributed by atoms with E-state index in [0.717, 1.165) is 35.0 Å². The SMILES string of the molecule is CCOc1cc(CNCCCSc2nnnn2C)cc(Cl)c1OCc1ccccc1. The highest BCUT2D eigenvalue weighted by atomic mass is 35.5. The molecule has 0 saturated carbocycles. The number of aromatic nitrogens is 4. The molecule has 0 aliphatic carbocycles. The maximum absolute atomic E-state index is 6.51. The topological polar surface area (TPSA) is 74.1 Å². The van der Waals surface area contributed by atoms with Crippen LogP contribution < -0.4 is 14.8 Å². The van der Waals surface area contributed by atoms with Crippen molar-refractivity contribution in [2.45, 2.75) is 31.7 Å². The Morgan fingerprint density at radius 2 is 1.97 bits per heavy atom. The van der Waals surface area contributed by atoms with Gasteiger partial charge in [-0.3, -0.25) is 0 Å². The first-order valence-electron chi connectivity index (χ1n) is 9.85. The van der Waals surface area contributed by atoms with Crippen molar-refractivity contribution >= 4 is 23.4 Å². The number of hydrogen-bond acceptors (Lipinski definition) is 7. The van der Waals surface area contributed by atoms with Crippen LogP contribution in [-0.2, 0) is 20.2 Å². The Hall–Kier alpha value is -2.29. The first-order valence-corrected chi connectivity index (χ1v) is 11.2. The van der Waals surface area contributed by atoms with Crippen LogP contribution >= 0.6 is 23.4 Å². The van der Waals surface area contributed by atoms with Crippen LogP contribution in [0.1, 0.15) is 24.5 Å². The van der Waals surface area contributed by atoms with Crippen molar-refractivity contribution in [3.05, 3.63) is 58.6 Å². The van der Waals surface area contributed by atoms with Gasteiger partial charge in [-0.1, -0.05) is 53.7 Å². The smallest absolute Gasteiger partial charge is 0.209 e. The molecule has 30 heavy (non-hydrogen) atoms. The molecular formula is C21H26ClN5O2S. The quantitative estimate of drug-likeness (QED) is 0.330. The van der Waals surface area contributed by atoms with Crippen LogP contribution in [0.15, 0.2) is 47.6 Å². The Morgan fingerprint density at radius 1 is 1.13 bits per heavy atom. The van der Waals surface area contributed by atoms with E-state index in [1.54, 1.807) is 16.4 Å². The van der Waals surface area contributed by atoms with E-state index in [1.165, 1.54) is 0 Å². The average Bonchev–Trinajstić information content (AvgIpc) is 3.15. The van der Waals surface area contributed by atoms with Crippen LogP contribution in [0.5, 0.6) is 11.5 Å². The fraction of sp³-hybridized carbons (Fsp3) is 0.381. The maximum atomic E-state index is 6.51. The van der Waals surface area contributed by atoms with Crippen molar-refractivity contribution < 1.29 is 9.47 Å². The summed E-state index contributed by atoms with van der Waals surface area (Å²) in [5.74, 6) is 2.20. The summed E-state index contributed by atoms with van der Waals surface area (Å²) in [7, 11) is 1.84. The Morgan fingerprint density at radius 3 is 2.70 bits per heavy atom. The summed E-state index contributed by atoms with van der Waals surface area (Å²) in [4.78, 5) is 0. The molecule has 0 spiro atoms. The standard InChI is InChI=1S/C21H26ClN5O2S/c1-3-28-19-13-17(14-23-10-7-11-30-21-24-25-26-27(21)2)12-18(22)20(19)29-15-16-8-5-4-6-9-16/h4-6,8-9,12-13,23H,3,7,10-11,14-15H2,1-2H3. The van der Waals surface area contributed by atoms with Crippen LogP contribution in [0.2, 0.25) is 5.02 Å². The highest BCUT2D eigenvalue weighted by molar-refractivity contribution is 7.99. The Bertz CT molecular complexity index is 923. The monoisotopic (exact) mass is 447 g/mol. The number of hydrogen-bond donors (Lipinski definition) is 1. The molecule has 0 amide bonds. The number of nitrogens with zero attached hydrogens (tertiary/aromatic N) is 4. The molecule has 1 heterocycles. The number of tetrazole rings is 1. The highest BCUT2D eigenvalue weighted by Gasteiger charge is 2.13. The lowest BCUT2D eigenvalue weighted by molar-refractivity contribution is 0.269. The molecule has 0 fully saturated rings. The van der Waals surface area contributed by atoms with Crippen LogP contribution in [0.3, 0.4) is 0 Å². The van der Waals surface area contributed by atoms with Crippen molar-refractivity contribution in [3.63, 3.8) is 0 Å². The Labute approximate surface area is 186 Å². The Balaban J connectivity index is 1.50. The van der Waals surface area contributed by atoms with Crippen LogP contribution in [0, 0.1) is 0 Å². The molecule has 0 saturated heterocycles. The van der Waals surface area contributed by atoms with Crippen LogP contribution in [-0.4, -0.2) is 39.1 Å². The molecule has 3 rings (SSSR count). The predicted molar refractivity (Wildman–Crippen MR) is 119 cm³/mol. The fourth-order valence-electron chi connectivity index (χ4n) is 2.79. The minimum Gasteiger partial charge on any atom is -0.490 e. The zero-order chi connectivity index (χ0) is 21.2. The number of halogens is 1. The third-order valence-corrected chi connectivity index (χ3v) is 5.61. The lowest BCUT2D eigenvalue weighted by Gasteiger charge is -2.16. The van der Waals surface area contributed by atoms with E-state index in [0.29, 0.717) is 36.3 Å². The van der Waals surface area contributed by atoms with Gasteiger partial charge in [0.2, 0.25) is 5.16 Å². The highest BCUT2D eigenvalue weighted by Crippen LogP contribution is 2.37. The van der Waals surface area contributed by atoms with Crippen LogP contribution in [0.25, 0.3) is 0 Å². The second-order valence-electron chi connectivity index (χ2n) is 6.58. The molecule has 0 radical (unpaired) electrons. The fourth-order valence-corrected chi connectivity index (χ4v) is 3.87. The molecule has 0 atom stereocenters. The summed E-state index contributed by atoms with van der Waals surface area (Å²) < 4.78 is 13.4. The number of ether oxygens (including phenoxy) is 2. The second kappa shape index (κ2) is 11.8. The van der Waals surface area contributed by atoms with Gasteiger partial charge in [0.05, 0.1) is 11.6 Å². The predicted octanol–water partition coefficient (Wildman–Crippen LogP) is 4.11. The molecule has 0 aliphatic heterocycles. The number of benzene rings is 2. The van der Waals surface area contributed by atoms with Crippen molar-refractivity contribution in [1.82, 2.24) is 25.5 Å². The molecule has 1 aromatic heterocycles. The minimum atomic E-state index is 0.441. The number of thioether (sulfide) groups is 1. The van der Waals surface area contributed by atoms with E-state index in [9.17, 15) is 0 Å². The maximum Gasteiger partial charge on any atom is 0.209 e. The van der Waals surface area contributed by atoms with Crippen molar-refractivity contribution in [2.75, 3.05) is 18.9 Å². The molecule has 0 aliphatic rings. The molecule has 0 unspecified atom stereocenters. The van der Waals surface area contributed by atoms with E-state index in [2.05, 4.69) is 20.8 Å². The number of rotatable bonds is 12. The van der Waals surface area contributed by atoms with Crippen LogP contribution in [0.4, 0.5) is 0 Å². The van der Waals surface area contributed by atoms with Gasteiger partial charge < -0.3 is 14.8 Å². The third-order valence-electron chi connectivity index (χ3n) is 4.23. The van der Waals surface area contributed by atoms with Gasteiger partial charge in [-0.15, -0.1) is 5.10 Å². The van der Waals surface area contributed by atoms with Gasteiger partial charge in [-0.2, -0.15) is 0 Å². The Kier molecular flexibility index (Phi) is 8.80. The van der Waals surface area contributed by atoms with Crippen molar-refractivity contribution in [1.29, 1.82) is 0 Å². The first kappa shape index (κ1) is 22.4. The van der Waals surface area contributed by atoms with Crippen molar-refractivity contribution in [3.8, 4) is 11.5 Å². The van der Waals surface area contributed by atoms with Gasteiger partial charge in [0.25, 0.3) is 0 Å². The van der Waals surface area contributed by atoms with E-state index >= 15 is 0 Å². The van der Waals surface area contributed by atoms with E-state index in [1.807, 2.05) is 56.4 Å². The number of nitrogens with one attached hydrogen (secondary N) is 1. The lowest BCUT2D eigenvalue weighted by Crippen LogP contribution is -2.15. The lowest BCUT2D eigenvalue weighted by atomic mass is 10.2. The number of aryl methyl sites for hydroxylation is 1. The normalized spacial score (nSPS) is 10.9.